The van der Waals surface area contributed by atoms with Crippen LogP contribution < -0.4 is 0 Å². The third kappa shape index (κ3) is 3.09. The van der Waals surface area contributed by atoms with Crippen molar-refractivity contribution >= 4 is 17.6 Å². The molecule has 1 rings (SSSR count). The number of hydrogen-bond donors (Lipinski definition) is 1. The Kier molecular flexibility index (Phi) is 3.80. The third-order valence-electron chi connectivity index (χ3n) is 2.09. The Morgan fingerprint density at radius 3 is 3.15 bits per heavy atom. The lowest BCUT2D eigenvalue weighted by molar-refractivity contribution is 0.697. The maximum atomic E-state index is 7.67. The molecule has 0 bridgehead atoms. The van der Waals surface area contributed by atoms with Crippen LogP contribution in [0.2, 0.25) is 0 Å². The van der Waals surface area contributed by atoms with Crippen LogP contribution in [0.1, 0.15) is 33.1 Å². The van der Waals surface area contributed by atoms with E-state index in [1.165, 1.54) is 0 Å². The molecule has 0 spiro atoms. The van der Waals surface area contributed by atoms with E-state index in [0.717, 1.165) is 31.5 Å². The Bertz CT molecular complexity index is 241. The van der Waals surface area contributed by atoms with Gasteiger partial charge in [-0.25, -0.2) is 0 Å². The molecule has 0 amide bonds. The monoisotopic (exact) mass is 179 g/mol. The molecule has 1 N–H and O–H groups in total. The molecular weight excluding hydrogens is 162 g/mol. The Hall–Kier alpha value is -0.990. The Morgan fingerprint density at radius 1 is 1.69 bits per heavy atom. The molecule has 72 valence electrons. The first-order valence-electron chi connectivity index (χ1n) is 4.89. The lowest BCUT2D eigenvalue weighted by Crippen LogP contribution is -2.13. The van der Waals surface area contributed by atoms with Gasteiger partial charge < -0.3 is 0 Å². The van der Waals surface area contributed by atoms with Crippen LogP contribution in [0.5, 0.6) is 0 Å². The van der Waals surface area contributed by atoms with Gasteiger partial charge in [0.1, 0.15) is 0 Å². The van der Waals surface area contributed by atoms with Gasteiger partial charge in [-0.05, 0) is 26.2 Å². The SMILES string of the molecule is CCCN=C1CCC(C)N=CC1=N. The molecule has 13 heavy (non-hydrogen) atoms. The Labute approximate surface area is 79.5 Å². The molecular formula is C10H17N3. The minimum atomic E-state index is 0.342. The van der Waals surface area contributed by atoms with Crippen LogP contribution in [0.3, 0.4) is 0 Å². The van der Waals surface area contributed by atoms with Crippen molar-refractivity contribution in [3.8, 4) is 0 Å². The highest BCUT2D eigenvalue weighted by atomic mass is 14.8. The molecule has 0 saturated carbocycles. The highest BCUT2D eigenvalue weighted by Crippen LogP contribution is 2.07. The van der Waals surface area contributed by atoms with Gasteiger partial charge in [-0.3, -0.25) is 15.4 Å². The summed E-state index contributed by atoms with van der Waals surface area (Å²) in [6.07, 6.45) is 4.61. The van der Waals surface area contributed by atoms with Crippen LogP contribution in [0.25, 0.3) is 0 Å². The molecule has 0 radical (unpaired) electrons. The average molecular weight is 179 g/mol. The van der Waals surface area contributed by atoms with E-state index in [1.807, 2.05) is 0 Å². The van der Waals surface area contributed by atoms with Crippen LogP contribution in [0.4, 0.5) is 0 Å². The van der Waals surface area contributed by atoms with Gasteiger partial charge in [0.15, 0.2) is 0 Å². The number of rotatable bonds is 2. The van der Waals surface area contributed by atoms with Crippen molar-refractivity contribution in [1.29, 1.82) is 5.41 Å². The second-order valence-electron chi connectivity index (χ2n) is 3.41. The van der Waals surface area contributed by atoms with Gasteiger partial charge in [0.05, 0.1) is 11.4 Å². The second kappa shape index (κ2) is 4.90. The number of aliphatic imine (C=N–C) groups is 2. The molecule has 0 aromatic heterocycles. The molecule has 0 aliphatic carbocycles. The van der Waals surface area contributed by atoms with E-state index in [2.05, 4.69) is 23.8 Å². The highest BCUT2D eigenvalue weighted by molar-refractivity contribution is 6.61. The fourth-order valence-electron chi connectivity index (χ4n) is 1.24. The van der Waals surface area contributed by atoms with E-state index >= 15 is 0 Å². The minimum absolute atomic E-state index is 0.342. The van der Waals surface area contributed by atoms with E-state index in [0.29, 0.717) is 11.8 Å². The molecule has 1 atom stereocenters. The largest absolute Gasteiger partial charge is 0.297 e. The predicted octanol–water partition coefficient (Wildman–Crippen LogP) is 2.11. The van der Waals surface area contributed by atoms with Gasteiger partial charge >= 0.3 is 0 Å². The summed E-state index contributed by atoms with van der Waals surface area (Å²) in [6, 6.07) is 0.342. The van der Waals surface area contributed by atoms with Crippen molar-refractivity contribution in [2.45, 2.75) is 39.2 Å². The first kappa shape index (κ1) is 10.1. The summed E-state index contributed by atoms with van der Waals surface area (Å²) < 4.78 is 0. The number of nitrogens with zero attached hydrogens (tertiary/aromatic N) is 2. The Balaban J connectivity index is 2.66. The van der Waals surface area contributed by atoms with Crippen molar-refractivity contribution in [3.63, 3.8) is 0 Å². The molecule has 0 aromatic carbocycles. The molecule has 1 aliphatic rings. The van der Waals surface area contributed by atoms with E-state index in [1.54, 1.807) is 6.21 Å². The van der Waals surface area contributed by atoms with Crippen molar-refractivity contribution in [1.82, 2.24) is 0 Å². The van der Waals surface area contributed by atoms with Gasteiger partial charge in [0.25, 0.3) is 0 Å². The van der Waals surface area contributed by atoms with Crippen LogP contribution in [0, 0.1) is 5.41 Å². The fourth-order valence-corrected chi connectivity index (χ4v) is 1.24. The lowest BCUT2D eigenvalue weighted by Gasteiger charge is -2.02. The summed E-state index contributed by atoms with van der Waals surface area (Å²) in [5, 5.41) is 7.67. The maximum Gasteiger partial charge on any atom is 0.0928 e. The van der Waals surface area contributed by atoms with Crippen molar-refractivity contribution in [2.24, 2.45) is 9.98 Å². The molecule has 3 nitrogen and oxygen atoms in total. The van der Waals surface area contributed by atoms with Crippen molar-refractivity contribution in [3.05, 3.63) is 0 Å². The van der Waals surface area contributed by atoms with Crippen LogP contribution in [-0.2, 0) is 0 Å². The predicted molar refractivity (Wildman–Crippen MR) is 57.5 cm³/mol. The number of hydrogen-bond acceptors (Lipinski definition) is 3. The molecule has 0 saturated heterocycles. The van der Waals surface area contributed by atoms with Crippen LogP contribution >= 0.6 is 0 Å². The van der Waals surface area contributed by atoms with Crippen LogP contribution in [0.15, 0.2) is 9.98 Å². The van der Waals surface area contributed by atoms with E-state index in [9.17, 15) is 0 Å². The van der Waals surface area contributed by atoms with Crippen LogP contribution in [-0.4, -0.2) is 30.2 Å². The first-order valence-corrected chi connectivity index (χ1v) is 4.89. The normalized spacial score (nSPS) is 26.5. The van der Waals surface area contributed by atoms with E-state index in [-0.39, 0.29) is 0 Å². The van der Waals surface area contributed by atoms with Gasteiger partial charge in [-0.1, -0.05) is 6.92 Å². The zero-order valence-electron chi connectivity index (χ0n) is 8.38. The summed E-state index contributed by atoms with van der Waals surface area (Å²) in [7, 11) is 0. The molecule has 0 fully saturated rings. The molecule has 3 heteroatoms. The third-order valence-corrected chi connectivity index (χ3v) is 2.09. The number of nitrogens with one attached hydrogen (secondary N) is 1. The highest BCUT2D eigenvalue weighted by Gasteiger charge is 2.11. The molecule has 1 aliphatic heterocycles. The van der Waals surface area contributed by atoms with Crippen molar-refractivity contribution in [2.75, 3.05) is 6.54 Å². The zero-order valence-corrected chi connectivity index (χ0v) is 8.38. The van der Waals surface area contributed by atoms with Gasteiger partial charge in [-0.2, -0.15) is 0 Å². The van der Waals surface area contributed by atoms with Crippen molar-refractivity contribution < 1.29 is 0 Å². The van der Waals surface area contributed by atoms with E-state index < -0.39 is 0 Å². The fraction of sp³-hybridized carbons (Fsp3) is 0.700. The van der Waals surface area contributed by atoms with Gasteiger partial charge in [0, 0.05) is 18.8 Å². The minimum Gasteiger partial charge on any atom is -0.297 e. The Morgan fingerprint density at radius 2 is 2.46 bits per heavy atom. The molecule has 0 aromatic rings. The summed E-state index contributed by atoms with van der Waals surface area (Å²) in [5.74, 6) is 0. The smallest absolute Gasteiger partial charge is 0.0928 e. The summed E-state index contributed by atoms with van der Waals surface area (Å²) in [6.45, 7) is 5.01. The summed E-state index contributed by atoms with van der Waals surface area (Å²) >= 11 is 0. The quantitative estimate of drug-likeness (QED) is 0.675. The topological polar surface area (TPSA) is 48.6 Å². The first-order chi connectivity index (χ1) is 6.24. The van der Waals surface area contributed by atoms with Gasteiger partial charge in [-0.15, -0.1) is 0 Å². The maximum absolute atomic E-state index is 7.67. The van der Waals surface area contributed by atoms with E-state index in [4.69, 9.17) is 5.41 Å². The summed E-state index contributed by atoms with van der Waals surface area (Å²) in [4.78, 5) is 8.61. The molecule has 1 unspecified atom stereocenters. The second-order valence-corrected chi connectivity index (χ2v) is 3.41. The lowest BCUT2D eigenvalue weighted by atomic mass is 10.1. The standard InChI is InChI=1S/C10H17N3/c1-3-6-12-10-5-4-8(2)13-7-9(10)11/h7-8,11H,3-6H2,1-2H3. The van der Waals surface area contributed by atoms with Gasteiger partial charge in [0.2, 0.25) is 0 Å². The molecule has 1 heterocycles. The average Bonchev–Trinajstić information content (AvgIpc) is 2.28. The zero-order chi connectivity index (χ0) is 9.68. The summed E-state index contributed by atoms with van der Waals surface area (Å²) in [5.41, 5.74) is 1.42.